The number of nitrogens with zero attached hydrogens (tertiary/aromatic N) is 4. The Morgan fingerprint density at radius 2 is 1.82 bits per heavy atom. The molecule has 0 atom stereocenters. The van der Waals surface area contributed by atoms with Crippen LogP contribution in [0.25, 0.3) is 5.65 Å². The maximum Gasteiger partial charge on any atom is 0.255 e. The smallest absolute Gasteiger partial charge is 0.255 e. The van der Waals surface area contributed by atoms with E-state index in [1.54, 1.807) is 0 Å². The van der Waals surface area contributed by atoms with Crippen LogP contribution in [0, 0.1) is 6.92 Å². The van der Waals surface area contributed by atoms with Gasteiger partial charge in [-0.3, -0.25) is 9.20 Å². The predicted octanol–water partition coefficient (Wildman–Crippen LogP) is 2.98. The van der Waals surface area contributed by atoms with Crippen molar-refractivity contribution in [3.8, 4) is 0 Å². The minimum atomic E-state index is 0.185. The van der Waals surface area contributed by atoms with E-state index in [4.69, 9.17) is 0 Å². The second-order valence-electron chi connectivity index (χ2n) is 6.63. The highest BCUT2D eigenvalue weighted by Crippen LogP contribution is 2.34. The van der Waals surface area contributed by atoms with Crippen LogP contribution in [0.2, 0.25) is 0 Å². The molecule has 2 aromatic heterocycles. The SMILES string of the molecule is Cc1nnc2ccc(C(=O)N(C3CCCCC3)C3CC3)cn12. The molecule has 116 valence electrons. The molecule has 0 aromatic carbocycles. The molecule has 2 fully saturated rings. The third-order valence-corrected chi connectivity index (χ3v) is 4.96. The summed E-state index contributed by atoms with van der Waals surface area (Å²) in [5.74, 6) is 1.00. The zero-order valence-corrected chi connectivity index (χ0v) is 13.0. The fraction of sp³-hybridized carbons (Fsp3) is 0.588. The molecule has 0 spiro atoms. The zero-order valence-electron chi connectivity index (χ0n) is 13.0. The standard InChI is InChI=1S/C17H22N4O/c1-12-18-19-16-10-7-13(11-20(12)16)17(22)21(15-8-9-15)14-5-3-2-4-6-14/h7,10-11,14-15H,2-6,8-9H2,1H3. The molecule has 2 aliphatic carbocycles. The van der Waals surface area contributed by atoms with Crippen molar-refractivity contribution in [2.45, 2.75) is 64.0 Å². The molecule has 5 heteroatoms. The van der Waals surface area contributed by atoms with Gasteiger partial charge < -0.3 is 4.90 Å². The Morgan fingerprint density at radius 1 is 1.09 bits per heavy atom. The van der Waals surface area contributed by atoms with E-state index in [9.17, 15) is 4.79 Å². The van der Waals surface area contributed by atoms with E-state index >= 15 is 0 Å². The van der Waals surface area contributed by atoms with E-state index in [1.807, 2.05) is 29.7 Å². The molecular weight excluding hydrogens is 276 g/mol. The number of fused-ring (bicyclic) bond motifs is 1. The normalized spacial score (nSPS) is 19.5. The first-order valence-electron chi connectivity index (χ1n) is 8.38. The number of pyridine rings is 1. The Labute approximate surface area is 130 Å². The molecule has 2 aliphatic rings. The molecule has 0 N–H and O–H groups in total. The molecule has 5 nitrogen and oxygen atoms in total. The summed E-state index contributed by atoms with van der Waals surface area (Å²) in [6.07, 6.45) is 10.4. The summed E-state index contributed by atoms with van der Waals surface area (Å²) < 4.78 is 1.90. The lowest BCUT2D eigenvalue weighted by Gasteiger charge is -2.34. The summed E-state index contributed by atoms with van der Waals surface area (Å²) in [5.41, 5.74) is 1.55. The second-order valence-corrected chi connectivity index (χ2v) is 6.63. The molecular formula is C17H22N4O. The number of hydrogen-bond acceptors (Lipinski definition) is 3. The van der Waals surface area contributed by atoms with Crippen LogP contribution < -0.4 is 0 Å². The first kappa shape index (κ1) is 13.7. The number of carbonyl (C=O) groups excluding carboxylic acids is 1. The van der Waals surface area contributed by atoms with Crippen LogP contribution in [-0.2, 0) is 0 Å². The quantitative estimate of drug-likeness (QED) is 0.875. The van der Waals surface area contributed by atoms with Crippen molar-refractivity contribution < 1.29 is 4.79 Å². The van der Waals surface area contributed by atoms with Crippen molar-refractivity contribution in [2.75, 3.05) is 0 Å². The van der Waals surface area contributed by atoms with E-state index in [0.717, 1.165) is 42.7 Å². The summed E-state index contributed by atoms with van der Waals surface area (Å²) in [6.45, 7) is 1.91. The fourth-order valence-electron chi connectivity index (χ4n) is 3.62. The summed E-state index contributed by atoms with van der Waals surface area (Å²) in [6, 6.07) is 4.68. The minimum absolute atomic E-state index is 0.185. The highest BCUT2D eigenvalue weighted by Gasteiger charge is 2.38. The maximum atomic E-state index is 13.1. The number of hydrogen-bond donors (Lipinski definition) is 0. The average molecular weight is 298 g/mol. The number of carbonyl (C=O) groups is 1. The third-order valence-electron chi connectivity index (χ3n) is 4.96. The molecule has 2 saturated carbocycles. The van der Waals surface area contributed by atoms with Crippen LogP contribution in [0.4, 0.5) is 0 Å². The number of aromatic nitrogens is 3. The molecule has 2 aromatic rings. The first-order valence-corrected chi connectivity index (χ1v) is 8.38. The van der Waals surface area contributed by atoms with Crippen LogP contribution in [0.5, 0.6) is 0 Å². The van der Waals surface area contributed by atoms with Gasteiger partial charge in [0.15, 0.2) is 5.65 Å². The molecule has 2 heterocycles. The van der Waals surface area contributed by atoms with Crippen molar-refractivity contribution in [3.63, 3.8) is 0 Å². The molecule has 4 rings (SSSR count). The monoisotopic (exact) mass is 298 g/mol. The van der Waals surface area contributed by atoms with Crippen LogP contribution in [0.3, 0.4) is 0 Å². The predicted molar refractivity (Wildman–Crippen MR) is 83.8 cm³/mol. The molecule has 0 aliphatic heterocycles. The Kier molecular flexibility index (Phi) is 3.36. The van der Waals surface area contributed by atoms with Gasteiger partial charge in [0.25, 0.3) is 5.91 Å². The molecule has 1 amide bonds. The number of rotatable bonds is 3. The fourth-order valence-corrected chi connectivity index (χ4v) is 3.62. The first-order chi connectivity index (χ1) is 10.7. The van der Waals surface area contributed by atoms with Gasteiger partial charge in [-0.15, -0.1) is 10.2 Å². The van der Waals surface area contributed by atoms with Gasteiger partial charge in [-0.25, -0.2) is 0 Å². The van der Waals surface area contributed by atoms with Gasteiger partial charge in [-0.1, -0.05) is 19.3 Å². The van der Waals surface area contributed by atoms with Crippen molar-refractivity contribution >= 4 is 11.6 Å². The third kappa shape index (κ3) is 2.38. The Hall–Kier alpha value is -1.91. The number of amides is 1. The summed E-state index contributed by atoms with van der Waals surface area (Å²) in [4.78, 5) is 15.3. The topological polar surface area (TPSA) is 50.5 Å². The van der Waals surface area contributed by atoms with E-state index in [2.05, 4.69) is 15.1 Å². The minimum Gasteiger partial charge on any atom is -0.333 e. The number of aryl methyl sites for hydroxylation is 1. The van der Waals surface area contributed by atoms with Crippen LogP contribution >= 0.6 is 0 Å². The van der Waals surface area contributed by atoms with E-state index in [0.29, 0.717) is 12.1 Å². The van der Waals surface area contributed by atoms with Crippen molar-refractivity contribution in [2.24, 2.45) is 0 Å². The average Bonchev–Trinajstić information content (AvgIpc) is 3.32. The van der Waals surface area contributed by atoms with E-state index in [1.165, 1.54) is 19.3 Å². The van der Waals surface area contributed by atoms with Gasteiger partial charge in [0.1, 0.15) is 5.82 Å². The van der Waals surface area contributed by atoms with Crippen molar-refractivity contribution in [3.05, 3.63) is 29.7 Å². The zero-order chi connectivity index (χ0) is 15.1. The molecule has 0 radical (unpaired) electrons. The Balaban J connectivity index is 1.65. The van der Waals surface area contributed by atoms with Gasteiger partial charge in [0, 0.05) is 18.3 Å². The second kappa shape index (κ2) is 5.38. The Bertz CT molecular complexity index is 698. The summed E-state index contributed by atoms with van der Waals surface area (Å²) >= 11 is 0. The summed E-state index contributed by atoms with van der Waals surface area (Å²) in [7, 11) is 0. The van der Waals surface area contributed by atoms with Gasteiger partial charge in [-0.2, -0.15) is 0 Å². The van der Waals surface area contributed by atoms with Crippen molar-refractivity contribution in [1.29, 1.82) is 0 Å². The highest BCUT2D eigenvalue weighted by atomic mass is 16.2. The largest absolute Gasteiger partial charge is 0.333 e. The lowest BCUT2D eigenvalue weighted by atomic mass is 9.93. The Morgan fingerprint density at radius 3 is 2.55 bits per heavy atom. The van der Waals surface area contributed by atoms with Gasteiger partial charge in [0.2, 0.25) is 0 Å². The van der Waals surface area contributed by atoms with Gasteiger partial charge in [-0.05, 0) is 44.7 Å². The molecule has 0 unspecified atom stereocenters. The summed E-state index contributed by atoms with van der Waals surface area (Å²) in [5, 5.41) is 8.16. The van der Waals surface area contributed by atoms with Gasteiger partial charge >= 0.3 is 0 Å². The van der Waals surface area contributed by atoms with Gasteiger partial charge in [0.05, 0.1) is 5.56 Å². The van der Waals surface area contributed by atoms with Crippen LogP contribution in [0.1, 0.15) is 61.1 Å². The van der Waals surface area contributed by atoms with E-state index < -0.39 is 0 Å². The highest BCUT2D eigenvalue weighted by molar-refractivity contribution is 5.95. The van der Waals surface area contributed by atoms with Crippen LogP contribution in [-0.4, -0.2) is 37.5 Å². The van der Waals surface area contributed by atoms with Crippen molar-refractivity contribution in [1.82, 2.24) is 19.5 Å². The molecule has 0 bridgehead atoms. The van der Waals surface area contributed by atoms with Crippen LogP contribution in [0.15, 0.2) is 18.3 Å². The molecule has 0 saturated heterocycles. The molecule has 22 heavy (non-hydrogen) atoms. The maximum absolute atomic E-state index is 13.1. The lowest BCUT2D eigenvalue weighted by molar-refractivity contribution is 0.0613. The lowest BCUT2D eigenvalue weighted by Crippen LogP contribution is -2.43. The van der Waals surface area contributed by atoms with E-state index in [-0.39, 0.29) is 5.91 Å².